The molecule has 1 fully saturated rings. The van der Waals surface area contributed by atoms with E-state index in [0.29, 0.717) is 5.92 Å². The molecule has 1 atom stereocenters. The van der Waals surface area contributed by atoms with Crippen LogP contribution in [0.2, 0.25) is 0 Å². The fraction of sp³-hybridized carbons (Fsp3) is 0.600. The summed E-state index contributed by atoms with van der Waals surface area (Å²) in [6, 6.07) is 6.93. The maximum Gasteiger partial charge on any atom is 0.0323 e. The zero-order valence-corrected chi connectivity index (χ0v) is 11.7. The van der Waals surface area contributed by atoms with Gasteiger partial charge in [-0.05, 0) is 49.3 Å². The molecule has 2 rings (SSSR count). The molecule has 0 saturated heterocycles. The van der Waals surface area contributed by atoms with Crippen molar-refractivity contribution < 1.29 is 0 Å². The fourth-order valence-electron chi connectivity index (χ4n) is 2.74. The van der Waals surface area contributed by atoms with Crippen LogP contribution >= 0.6 is 12.4 Å². The minimum absolute atomic E-state index is 0. The number of benzene rings is 1. The van der Waals surface area contributed by atoms with E-state index in [1.165, 1.54) is 48.8 Å². The van der Waals surface area contributed by atoms with Crippen molar-refractivity contribution in [3.05, 3.63) is 34.9 Å². The molecule has 2 heteroatoms. The average Bonchev–Trinajstić information content (AvgIpc) is 2.33. The second-order valence-electron chi connectivity index (χ2n) is 5.27. The molecule has 1 aromatic carbocycles. The molecule has 0 radical (unpaired) electrons. The highest BCUT2D eigenvalue weighted by atomic mass is 35.5. The molecule has 0 spiro atoms. The summed E-state index contributed by atoms with van der Waals surface area (Å²) >= 11 is 0. The van der Waals surface area contributed by atoms with E-state index in [-0.39, 0.29) is 18.4 Å². The number of hydrogen-bond acceptors (Lipinski definition) is 1. The minimum atomic E-state index is 0. The number of hydrogen-bond donors (Lipinski definition) is 1. The second kappa shape index (κ2) is 6.42. The highest BCUT2D eigenvalue weighted by Crippen LogP contribution is 2.33. The highest BCUT2D eigenvalue weighted by molar-refractivity contribution is 5.85. The Hall–Kier alpha value is -0.530. The molecule has 0 amide bonds. The predicted octanol–water partition coefficient (Wildman–Crippen LogP) is 4.31. The Morgan fingerprint density at radius 2 is 1.71 bits per heavy atom. The highest BCUT2D eigenvalue weighted by Gasteiger charge is 2.21. The molecule has 1 aromatic rings. The maximum absolute atomic E-state index is 6.39. The molecule has 0 aromatic heterocycles. The first-order valence-electron chi connectivity index (χ1n) is 6.51. The Labute approximate surface area is 111 Å². The summed E-state index contributed by atoms with van der Waals surface area (Å²) in [6.45, 7) is 4.33. The van der Waals surface area contributed by atoms with Crippen LogP contribution in [0.1, 0.15) is 54.8 Å². The molecule has 0 aliphatic heterocycles. The standard InChI is InChI=1S/C15H23N.ClH/c1-11-8-9-14(10-12(11)2)15(16)13-6-4-3-5-7-13;/h8-10,13,15H,3-7,16H2,1-2H3;1H/t15-;/m0./s1. The SMILES string of the molecule is Cc1ccc([C@@H](N)C2CCCCC2)cc1C.Cl. The van der Waals surface area contributed by atoms with Gasteiger partial charge in [-0.1, -0.05) is 37.5 Å². The molecule has 0 bridgehead atoms. The lowest BCUT2D eigenvalue weighted by molar-refractivity contribution is 0.308. The van der Waals surface area contributed by atoms with E-state index in [1.807, 2.05) is 0 Å². The van der Waals surface area contributed by atoms with E-state index in [1.54, 1.807) is 0 Å². The van der Waals surface area contributed by atoms with Gasteiger partial charge in [0, 0.05) is 6.04 Å². The molecule has 1 nitrogen and oxygen atoms in total. The lowest BCUT2D eigenvalue weighted by atomic mass is 9.81. The normalized spacial score (nSPS) is 18.5. The number of halogens is 1. The largest absolute Gasteiger partial charge is 0.324 e. The summed E-state index contributed by atoms with van der Waals surface area (Å²) in [5.74, 6) is 0.704. The first-order chi connectivity index (χ1) is 7.68. The zero-order chi connectivity index (χ0) is 11.5. The van der Waals surface area contributed by atoms with Crippen molar-refractivity contribution in [2.45, 2.75) is 52.0 Å². The third-order valence-electron chi connectivity index (χ3n) is 4.07. The van der Waals surface area contributed by atoms with Crippen LogP contribution in [0.5, 0.6) is 0 Å². The summed E-state index contributed by atoms with van der Waals surface area (Å²) in [5.41, 5.74) is 10.4. The summed E-state index contributed by atoms with van der Waals surface area (Å²) in [6.07, 6.45) is 6.75. The average molecular weight is 254 g/mol. The molecular formula is C15H24ClN. The quantitative estimate of drug-likeness (QED) is 0.835. The van der Waals surface area contributed by atoms with E-state index >= 15 is 0 Å². The van der Waals surface area contributed by atoms with Gasteiger partial charge in [-0.15, -0.1) is 12.4 Å². The Kier molecular flexibility index (Phi) is 5.48. The second-order valence-corrected chi connectivity index (χ2v) is 5.27. The third-order valence-corrected chi connectivity index (χ3v) is 4.07. The molecule has 1 aliphatic rings. The van der Waals surface area contributed by atoms with Crippen molar-refractivity contribution in [2.24, 2.45) is 11.7 Å². The molecule has 0 heterocycles. The first-order valence-corrected chi connectivity index (χ1v) is 6.51. The van der Waals surface area contributed by atoms with Crippen LogP contribution in [0.4, 0.5) is 0 Å². The van der Waals surface area contributed by atoms with Crippen molar-refractivity contribution in [1.82, 2.24) is 0 Å². The lowest BCUT2D eigenvalue weighted by Gasteiger charge is -2.28. The van der Waals surface area contributed by atoms with E-state index in [0.717, 1.165) is 0 Å². The Bertz CT molecular complexity index is 356. The Balaban J connectivity index is 0.00000144. The van der Waals surface area contributed by atoms with Crippen molar-refractivity contribution in [3.8, 4) is 0 Å². The molecule has 17 heavy (non-hydrogen) atoms. The zero-order valence-electron chi connectivity index (χ0n) is 10.9. The summed E-state index contributed by atoms with van der Waals surface area (Å²) in [4.78, 5) is 0. The van der Waals surface area contributed by atoms with Crippen LogP contribution in [0.15, 0.2) is 18.2 Å². The van der Waals surface area contributed by atoms with Gasteiger partial charge >= 0.3 is 0 Å². The van der Waals surface area contributed by atoms with Crippen LogP contribution in [0.3, 0.4) is 0 Å². The van der Waals surface area contributed by atoms with Gasteiger partial charge in [-0.2, -0.15) is 0 Å². The van der Waals surface area contributed by atoms with Crippen LogP contribution in [0.25, 0.3) is 0 Å². The number of rotatable bonds is 2. The van der Waals surface area contributed by atoms with Gasteiger partial charge in [-0.3, -0.25) is 0 Å². The number of nitrogens with two attached hydrogens (primary N) is 1. The molecule has 2 N–H and O–H groups in total. The topological polar surface area (TPSA) is 26.0 Å². The van der Waals surface area contributed by atoms with E-state index in [2.05, 4.69) is 32.0 Å². The van der Waals surface area contributed by atoms with Crippen LogP contribution in [-0.2, 0) is 0 Å². The summed E-state index contributed by atoms with van der Waals surface area (Å²) in [7, 11) is 0. The lowest BCUT2D eigenvalue weighted by Crippen LogP contribution is -2.23. The minimum Gasteiger partial charge on any atom is -0.324 e. The third kappa shape index (κ3) is 3.46. The Morgan fingerprint density at radius 3 is 2.29 bits per heavy atom. The van der Waals surface area contributed by atoms with Crippen molar-refractivity contribution in [1.29, 1.82) is 0 Å². The Morgan fingerprint density at radius 1 is 1.06 bits per heavy atom. The van der Waals surface area contributed by atoms with Crippen molar-refractivity contribution in [2.75, 3.05) is 0 Å². The summed E-state index contributed by atoms with van der Waals surface area (Å²) < 4.78 is 0. The summed E-state index contributed by atoms with van der Waals surface area (Å²) in [5, 5.41) is 0. The molecule has 96 valence electrons. The van der Waals surface area contributed by atoms with Gasteiger partial charge in [0.2, 0.25) is 0 Å². The first kappa shape index (κ1) is 14.5. The van der Waals surface area contributed by atoms with E-state index < -0.39 is 0 Å². The van der Waals surface area contributed by atoms with Crippen LogP contribution in [0, 0.1) is 19.8 Å². The molecule has 1 saturated carbocycles. The van der Waals surface area contributed by atoms with Gasteiger partial charge in [0.15, 0.2) is 0 Å². The predicted molar refractivity (Wildman–Crippen MR) is 76.7 cm³/mol. The van der Waals surface area contributed by atoms with Crippen molar-refractivity contribution in [3.63, 3.8) is 0 Å². The number of aryl methyl sites for hydroxylation is 2. The van der Waals surface area contributed by atoms with Crippen LogP contribution < -0.4 is 5.73 Å². The molecule has 0 unspecified atom stereocenters. The molecular weight excluding hydrogens is 230 g/mol. The van der Waals surface area contributed by atoms with Gasteiger partial charge in [0.25, 0.3) is 0 Å². The van der Waals surface area contributed by atoms with Crippen LogP contribution in [-0.4, -0.2) is 0 Å². The van der Waals surface area contributed by atoms with Gasteiger partial charge < -0.3 is 5.73 Å². The van der Waals surface area contributed by atoms with Gasteiger partial charge in [0.05, 0.1) is 0 Å². The van der Waals surface area contributed by atoms with E-state index in [4.69, 9.17) is 5.73 Å². The van der Waals surface area contributed by atoms with Gasteiger partial charge in [0.1, 0.15) is 0 Å². The monoisotopic (exact) mass is 253 g/mol. The molecule has 1 aliphatic carbocycles. The van der Waals surface area contributed by atoms with Crippen molar-refractivity contribution >= 4 is 12.4 Å². The smallest absolute Gasteiger partial charge is 0.0323 e. The fourth-order valence-corrected chi connectivity index (χ4v) is 2.74. The maximum atomic E-state index is 6.39. The van der Waals surface area contributed by atoms with Gasteiger partial charge in [-0.25, -0.2) is 0 Å². The van der Waals surface area contributed by atoms with E-state index in [9.17, 15) is 0 Å².